The predicted octanol–water partition coefficient (Wildman–Crippen LogP) is 3.26. The third-order valence-electron chi connectivity index (χ3n) is 4.78. The molecule has 0 radical (unpaired) electrons. The summed E-state index contributed by atoms with van der Waals surface area (Å²) in [6.07, 6.45) is 0. The van der Waals surface area contributed by atoms with Crippen LogP contribution in [-0.2, 0) is 19.6 Å². The first kappa shape index (κ1) is 19.1. The molecule has 2 heterocycles. The van der Waals surface area contributed by atoms with E-state index in [2.05, 4.69) is 10.4 Å². The Morgan fingerprint density at radius 3 is 2.66 bits per heavy atom. The van der Waals surface area contributed by atoms with Crippen molar-refractivity contribution >= 4 is 23.4 Å². The molecule has 0 aliphatic carbocycles. The summed E-state index contributed by atoms with van der Waals surface area (Å²) in [5.74, 6) is -1.07. The minimum atomic E-state index is -0.564. The molecular weight excluding hydrogens is 395 g/mol. The topological polar surface area (TPSA) is 67.2 Å². The molecule has 3 aromatic rings. The first-order chi connectivity index (χ1) is 14.0. The number of aromatic nitrogens is 2. The Balaban J connectivity index is 1.43. The SMILES string of the molecule is O=C(NCc1ccccc1)c1cc2n(n1)CCN(C(=O)c1ccc(F)c(Cl)c1)C2. The molecule has 148 valence electrons. The molecule has 0 unspecified atom stereocenters. The molecule has 1 aliphatic heterocycles. The highest BCUT2D eigenvalue weighted by Gasteiger charge is 2.25. The zero-order chi connectivity index (χ0) is 20.4. The van der Waals surface area contributed by atoms with Gasteiger partial charge in [0.05, 0.1) is 23.8 Å². The molecule has 0 saturated heterocycles. The van der Waals surface area contributed by atoms with Gasteiger partial charge in [-0.25, -0.2) is 4.39 Å². The Labute approximate surface area is 171 Å². The van der Waals surface area contributed by atoms with E-state index in [-0.39, 0.29) is 16.8 Å². The average Bonchev–Trinajstić information content (AvgIpc) is 3.17. The molecule has 6 nitrogen and oxygen atoms in total. The fraction of sp³-hybridized carbons (Fsp3) is 0.190. The molecule has 1 N–H and O–H groups in total. The van der Waals surface area contributed by atoms with Gasteiger partial charge in [-0.2, -0.15) is 5.10 Å². The fourth-order valence-electron chi connectivity index (χ4n) is 3.23. The normalized spacial score (nSPS) is 13.1. The summed E-state index contributed by atoms with van der Waals surface area (Å²) in [4.78, 5) is 26.8. The molecule has 8 heteroatoms. The molecular formula is C21H18ClFN4O2. The second-order valence-electron chi connectivity index (χ2n) is 6.77. The number of benzene rings is 2. The first-order valence-corrected chi connectivity index (χ1v) is 9.52. The number of hydrogen-bond donors (Lipinski definition) is 1. The molecule has 1 aromatic heterocycles. The lowest BCUT2D eigenvalue weighted by molar-refractivity contribution is 0.0705. The molecule has 0 spiro atoms. The number of hydrogen-bond acceptors (Lipinski definition) is 3. The van der Waals surface area contributed by atoms with Crippen molar-refractivity contribution in [1.82, 2.24) is 20.0 Å². The second-order valence-corrected chi connectivity index (χ2v) is 7.18. The average molecular weight is 413 g/mol. The lowest BCUT2D eigenvalue weighted by atomic mass is 10.1. The van der Waals surface area contributed by atoms with Crippen LogP contribution in [-0.4, -0.2) is 33.0 Å². The van der Waals surface area contributed by atoms with E-state index in [0.717, 1.165) is 11.3 Å². The van der Waals surface area contributed by atoms with Crippen LogP contribution in [0.2, 0.25) is 5.02 Å². The lowest BCUT2D eigenvalue weighted by Gasteiger charge is -2.27. The number of nitrogens with zero attached hydrogens (tertiary/aromatic N) is 3. The number of fused-ring (bicyclic) bond motifs is 1. The van der Waals surface area contributed by atoms with E-state index in [4.69, 9.17) is 11.6 Å². The summed E-state index contributed by atoms with van der Waals surface area (Å²) < 4.78 is 15.1. The summed E-state index contributed by atoms with van der Waals surface area (Å²) in [7, 11) is 0. The predicted molar refractivity (Wildman–Crippen MR) is 106 cm³/mol. The molecule has 0 bridgehead atoms. The molecule has 4 rings (SSSR count). The van der Waals surface area contributed by atoms with Gasteiger partial charge >= 0.3 is 0 Å². The smallest absolute Gasteiger partial charge is 0.272 e. The molecule has 0 fully saturated rings. The fourth-order valence-corrected chi connectivity index (χ4v) is 3.41. The van der Waals surface area contributed by atoms with Crippen molar-refractivity contribution < 1.29 is 14.0 Å². The van der Waals surface area contributed by atoms with Gasteiger partial charge in [-0.3, -0.25) is 14.3 Å². The summed E-state index contributed by atoms with van der Waals surface area (Å²) in [6, 6.07) is 15.2. The molecule has 0 atom stereocenters. The standard InChI is InChI=1S/C21H18ClFN4O2/c22-17-10-15(6-7-18(17)23)21(29)26-8-9-27-16(13-26)11-19(25-27)20(28)24-12-14-4-2-1-3-5-14/h1-7,10-11H,8-9,12-13H2,(H,24,28). The monoisotopic (exact) mass is 412 g/mol. The highest BCUT2D eigenvalue weighted by atomic mass is 35.5. The van der Waals surface area contributed by atoms with Crippen molar-refractivity contribution in [1.29, 1.82) is 0 Å². The van der Waals surface area contributed by atoms with E-state index in [1.807, 2.05) is 30.3 Å². The first-order valence-electron chi connectivity index (χ1n) is 9.14. The van der Waals surface area contributed by atoms with Crippen LogP contribution >= 0.6 is 11.6 Å². The third-order valence-corrected chi connectivity index (χ3v) is 5.07. The molecule has 2 amide bonds. The maximum absolute atomic E-state index is 13.3. The van der Waals surface area contributed by atoms with E-state index < -0.39 is 5.82 Å². The summed E-state index contributed by atoms with van der Waals surface area (Å²) >= 11 is 5.79. The van der Waals surface area contributed by atoms with Gasteiger partial charge in [0.15, 0.2) is 5.69 Å². The van der Waals surface area contributed by atoms with Crippen molar-refractivity contribution in [3.05, 3.63) is 88.0 Å². The summed E-state index contributed by atoms with van der Waals surface area (Å²) in [6.45, 7) is 1.64. The van der Waals surface area contributed by atoms with Crippen LogP contribution in [0.15, 0.2) is 54.6 Å². The minimum Gasteiger partial charge on any atom is -0.347 e. The summed E-state index contributed by atoms with van der Waals surface area (Å²) in [5.41, 5.74) is 2.41. The minimum absolute atomic E-state index is 0.0877. The van der Waals surface area contributed by atoms with E-state index in [1.54, 1.807) is 15.6 Å². The Kier molecular flexibility index (Phi) is 5.31. The van der Waals surface area contributed by atoms with E-state index >= 15 is 0 Å². The van der Waals surface area contributed by atoms with Crippen LogP contribution < -0.4 is 5.32 Å². The zero-order valence-corrected chi connectivity index (χ0v) is 16.2. The van der Waals surface area contributed by atoms with Crippen LogP contribution in [0, 0.1) is 5.82 Å². The van der Waals surface area contributed by atoms with Gasteiger partial charge in [0, 0.05) is 18.7 Å². The molecule has 0 saturated carbocycles. The van der Waals surface area contributed by atoms with E-state index in [0.29, 0.717) is 37.4 Å². The zero-order valence-electron chi connectivity index (χ0n) is 15.4. The number of nitrogens with one attached hydrogen (secondary N) is 1. The van der Waals surface area contributed by atoms with Crippen LogP contribution in [0.3, 0.4) is 0 Å². The largest absolute Gasteiger partial charge is 0.347 e. The number of carbonyl (C=O) groups excluding carboxylic acids is 2. The Hall–Kier alpha value is -3.19. The Bertz CT molecular complexity index is 1070. The van der Waals surface area contributed by atoms with Gasteiger partial charge in [-0.05, 0) is 29.8 Å². The van der Waals surface area contributed by atoms with Crippen molar-refractivity contribution in [2.45, 2.75) is 19.6 Å². The highest BCUT2D eigenvalue weighted by molar-refractivity contribution is 6.31. The lowest BCUT2D eigenvalue weighted by Crippen LogP contribution is -2.38. The second kappa shape index (κ2) is 8.05. The van der Waals surface area contributed by atoms with Gasteiger partial charge in [0.2, 0.25) is 0 Å². The van der Waals surface area contributed by atoms with E-state index in [9.17, 15) is 14.0 Å². The molecule has 1 aliphatic rings. The van der Waals surface area contributed by atoms with E-state index in [1.165, 1.54) is 18.2 Å². The molecule has 29 heavy (non-hydrogen) atoms. The quantitative estimate of drug-likeness (QED) is 0.715. The van der Waals surface area contributed by atoms with Crippen LogP contribution in [0.4, 0.5) is 4.39 Å². The maximum Gasteiger partial charge on any atom is 0.272 e. The summed E-state index contributed by atoms with van der Waals surface area (Å²) in [5, 5.41) is 7.11. The number of halogens is 2. The van der Waals surface area contributed by atoms with Gasteiger partial charge in [0.1, 0.15) is 5.82 Å². The van der Waals surface area contributed by atoms with Gasteiger partial charge in [0.25, 0.3) is 11.8 Å². The Morgan fingerprint density at radius 1 is 1.10 bits per heavy atom. The highest BCUT2D eigenvalue weighted by Crippen LogP contribution is 2.20. The molecule has 2 aromatic carbocycles. The number of rotatable bonds is 4. The third kappa shape index (κ3) is 4.14. The number of amides is 2. The van der Waals surface area contributed by atoms with Gasteiger partial charge < -0.3 is 10.2 Å². The van der Waals surface area contributed by atoms with Crippen molar-refractivity contribution in [3.8, 4) is 0 Å². The van der Waals surface area contributed by atoms with Crippen molar-refractivity contribution in [3.63, 3.8) is 0 Å². The van der Waals surface area contributed by atoms with Crippen molar-refractivity contribution in [2.24, 2.45) is 0 Å². The Morgan fingerprint density at radius 2 is 1.90 bits per heavy atom. The van der Waals surface area contributed by atoms with Crippen LogP contribution in [0.1, 0.15) is 32.1 Å². The number of carbonyl (C=O) groups is 2. The van der Waals surface area contributed by atoms with Crippen LogP contribution in [0.25, 0.3) is 0 Å². The van der Waals surface area contributed by atoms with Gasteiger partial charge in [-0.1, -0.05) is 41.9 Å². The maximum atomic E-state index is 13.3. The van der Waals surface area contributed by atoms with Crippen molar-refractivity contribution in [2.75, 3.05) is 6.54 Å². The van der Waals surface area contributed by atoms with Crippen LogP contribution in [0.5, 0.6) is 0 Å². The van der Waals surface area contributed by atoms with Gasteiger partial charge in [-0.15, -0.1) is 0 Å².